The molecule has 3 nitrogen and oxygen atoms in total. The third kappa shape index (κ3) is 3.11. The van der Waals surface area contributed by atoms with E-state index in [9.17, 15) is 0 Å². The molecule has 17 heavy (non-hydrogen) atoms. The fourth-order valence-electron chi connectivity index (χ4n) is 1.56. The van der Waals surface area contributed by atoms with Crippen molar-refractivity contribution in [2.24, 2.45) is 11.6 Å². The van der Waals surface area contributed by atoms with Gasteiger partial charge in [-0.15, -0.1) is 0 Å². The molecule has 0 aromatic heterocycles. The Balaban J connectivity index is 3.06. The third-order valence-corrected chi connectivity index (χ3v) is 2.83. The van der Waals surface area contributed by atoms with E-state index in [4.69, 9.17) is 11.6 Å². The van der Waals surface area contributed by atoms with Gasteiger partial charge in [-0.05, 0) is 38.0 Å². The fourth-order valence-corrected chi connectivity index (χ4v) is 1.56. The molecule has 0 atom stereocenters. The Bertz CT molecular complexity index is 418. The van der Waals surface area contributed by atoms with Crippen LogP contribution in [0.5, 0.6) is 0 Å². The molecule has 0 spiro atoms. The molecule has 0 aliphatic rings. The number of benzene rings is 1. The molecule has 0 saturated carbocycles. The van der Waals surface area contributed by atoms with Gasteiger partial charge in [0.05, 0.1) is 17.1 Å². The molecule has 0 aliphatic heterocycles. The van der Waals surface area contributed by atoms with E-state index in [2.05, 4.69) is 6.92 Å². The number of para-hydroxylation sites is 1. The van der Waals surface area contributed by atoms with Gasteiger partial charge >= 0.3 is 0 Å². The number of hydrazine groups is 1. The van der Waals surface area contributed by atoms with Gasteiger partial charge in [0, 0.05) is 0 Å². The first-order chi connectivity index (χ1) is 8.11. The molecule has 3 heteroatoms. The highest BCUT2D eigenvalue weighted by Crippen LogP contribution is 2.20. The zero-order chi connectivity index (χ0) is 12.8. The summed E-state index contributed by atoms with van der Waals surface area (Å²) in [6, 6.07) is 9.78. The van der Waals surface area contributed by atoms with E-state index in [1.165, 1.54) is 0 Å². The van der Waals surface area contributed by atoms with E-state index in [0.717, 1.165) is 29.1 Å². The van der Waals surface area contributed by atoms with Crippen molar-refractivity contribution in [3.63, 3.8) is 0 Å². The minimum Gasteiger partial charge on any atom is -0.397 e. The molecule has 0 saturated heterocycles. The zero-order valence-electron chi connectivity index (χ0n) is 10.8. The minimum absolute atomic E-state index is 0.751. The maximum absolute atomic E-state index is 6.11. The molecule has 0 amide bonds. The van der Waals surface area contributed by atoms with Crippen LogP contribution in [0.2, 0.25) is 0 Å². The standard InChI is InChI=1S/C14H21N3/c1-4-11(3)14(15)13(5-2)17(16)12-9-7-6-8-10-12/h5-10H,4,15-16H2,1-3H3/b13-5+,14-11+. The van der Waals surface area contributed by atoms with E-state index in [1.54, 1.807) is 5.01 Å². The Morgan fingerprint density at radius 1 is 1.29 bits per heavy atom. The highest BCUT2D eigenvalue weighted by Gasteiger charge is 2.10. The van der Waals surface area contributed by atoms with Gasteiger partial charge in [-0.2, -0.15) is 0 Å². The van der Waals surface area contributed by atoms with Gasteiger partial charge < -0.3 is 5.73 Å². The van der Waals surface area contributed by atoms with Gasteiger partial charge in [-0.3, -0.25) is 5.01 Å². The summed E-state index contributed by atoms with van der Waals surface area (Å²) < 4.78 is 0. The van der Waals surface area contributed by atoms with Gasteiger partial charge in [0.1, 0.15) is 0 Å². The second-order valence-corrected chi connectivity index (χ2v) is 3.93. The summed E-state index contributed by atoms with van der Waals surface area (Å²) >= 11 is 0. The molecule has 1 rings (SSSR count). The lowest BCUT2D eigenvalue weighted by Gasteiger charge is -2.23. The predicted molar refractivity (Wildman–Crippen MR) is 74.0 cm³/mol. The fraction of sp³-hybridized carbons (Fsp3) is 0.286. The third-order valence-electron chi connectivity index (χ3n) is 2.83. The Hall–Kier alpha value is -1.74. The number of allylic oxidation sites excluding steroid dienone is 2. The van der Waals surface area contributed by atoms with Crippen molar-refractivity contribution >= 4 is 5.69 Å². The molecule has 0 bridgehead atoms. The first-order valence-electron chi connectivity index (χ1n) is 5.83. The lowest BCUT2D eigenvalue weighted by atomic mass is 10.1. The molecule has 92 valence electrons. The molecule has 0 aliphatic carbocycles. The summed E-state index contributed by atoms with van der Waals surface area (Å²) in [7, 11) is 0. The quantitative estimate of drug-likeness (QED) is 0.476. The minimum atomic E-state index is 0.751. The second kappa shape index (κ2) is 6.11. The molecule has 0 unspecified atom stereocenters. The van der Waals surface area contributed by atoms with Crippen LogP contribution in [0, 0.1) is 0 Å². The monoisotopic (exact) mass is 231 g/mol. The summed E-state index contributed by atoms with van der Waals surface area (Å²) in [5.41, 5.74) is 9.77. The summed E-state index contributed by atoms with van der Waals surface area (Å²) in [4.78, 5) is 0. The van der Waals surface area contributed by atoms with Gasteiger partial charge in [-0.25, -0.2) is 5.84 Å². The van der Waals surface area contributed by atoms with Crippen LogP contribution >= 0.6 is 0 Å². The van der Waals surface area contributed by atoms with Crippen LogP contribution in [0.4, 0.5) is 5.69 Å². The first kappa shape index (κ1) is 13.3. The number of rotatable bonds is 4. The predicted octanol–water partition coefficient (Wildman–Crippen LogP) is 2.91. The lowest BCUT2D eigenvalue weighted by molar-refractivity contribution is 0.956. The van der Waals surface area contributed by atoms with E-state index in [0.29, 0.717) is 0 Å². The number of hydrogen-bond acceptors (Lipinski definition) is 3. The molecule has 4 N–H and O–H groups in total. The van der Waals surface area contributed by atoms with Gasteiger partial charge in [0.25, 0.3) is 0 Å². The van der Waals surface area contributed by atoms with E-state index >= 15 is 0 Å². The Labute approximate surface area is 103 Å². The van der Waals surface area contributed by atoms with E-state index in [1.807, 2.05) is 50.3 Å². The van der Waals surface area contributed by atoms with E-state index in [-0.39, 0.29) is 0 Å². The van der Waals surface area contributed by atoms with Crippen LogP contribution in [0.15, 0.2) is 53.4 Å². The smallest absolute Gasteiger partial charge is 0.0761 e. The molecule has 1 aromatic carbocycles. The maximum atomic E-state index is 6.11. The summed E-state index contributed by atoms with van der Waals surface area (Å²) in [5, 5.41) is 1.62. The number of nitrogens with zero attached hydrogens (tertiary/aromatic N) is 1. The van der Waals surface area contributed by atoms with Crippen molar-refractivity contribution in [2.45, 2.75) is 27.2 Å². The maximum Gasteiger partial charge on any atom is 0.0761 e. The molecular weight excluding hydrogens is 210 g/mol. The average Bonchev–Trinajstić information content (AvgIpc) is 2.39. The number of hydrogen-bond donors (Lipinski definition) is 2. The van der Waals surface area contributed by atoms with Crippen LogP contribution < -0.4 is 16.6 Å². The number of nitrogens with two attached hydrogens (primary N) is 2. The highest BCUT2D eigenvalue weighted by atomic mass is 15.4. The Kier molecular flexibility index (Phi) is 4.79. The summed E-state index contributed by atoms with van der Waals surface area (Å²) in [5.74, 6) is 6.09. The van der Waals surface area contributed by atoms with Gasteiger partial charge in [-0.1, -0.05) is 31.2 Å². The normalized spacial score (nSPS) is 13.3. The van der Waals surface area contributed by atoms with Gasteiger partial charge in [0.2, 0.25) is 0 Å². The highest BCUT2D eigenvalue weighted by molar-refractivity contribution is 5.55. The van der Waals surface area contributed by atoms with Crippen LogP contribution in [0.3, 0.4) is 0 Å². The Morgan fingerprint density at radius 2 is 1.88 bits per heavy atom. The van der Waals surface area contributed by atoms with Gasteiger partial charge in [0.15, 0.2) is 0 Å². The van der Waals surface area contributed by atoms with Crippen molar-refractivity contribution in [1.29, 1.82) is 0 Å². The largest absolute Gasteiger partial charge is 0.397 e. The first-order valence-corrected chi connectivity index (χ1v) is 5.83. The van der Waals surface area contributed by atoms with Crippen LogP contribution in [0.1, 0.15) is 27.2 Å². The van der Waals surface area contributed by atoms with Crippen LogP contribution in [-0.4, -0.2) is 0 Å². The van der Waals surface area contributed by atoms with Crippen molar-refractivity contribution in [1.82, 2.24) is 0 Å². The summed E-state index contributed by atoms with van der Waals surface area (Å²) in [6.07, 6.45) is 2.85. The average molecular weight is 231 g/mol. The van der Waals surface area contributed by atoms with Crippen molar-refractivity contribution in [3.05, 3.63) is 53.4 Å². The molecular formula is C14H21N3. The van der Waals surface area contributed by atoms with Crippen LogP contribution in [-0.2, 0) is 0 Å². The van der Waals surface area contributed by atoms with Crippen molar-refractivity contribution in [2.75, 3.05) is 5.01 Å². The van der Waals surface area contributed by atoms with Crippen molar-refractivity contribution in [3.8, 4) is 0 Å². The second-order valence-electron chi connectivity index (χ2n) is 3.93. The van der Waals surface area contributed by atoms with Crippen molar-refractivity contribution < 1.29 is 0 Å². The molecule has 0 radical (unpaired) electrons. The Morgan fingerprint density at radius 3 is 2.35 bits per heavy atom. The van der Waals surface area contributed by atoms with E-state index < -0.39 is 0 Å². The summed E-state index contributed by atoms with van der Waals surface area (Å²) in [6.45, 7) is 6.05. The molecule has 0 fully saturated rings. The molecule has 1 aromatic rings. The van der Waals surface area contributed by atoms with Crippen LogP contribution in [0.25, 0.3) is 0 Å². The molecule has 0 heterocycles. The SMILES string of the molecule is C/C=C(\C(N)=C(\C)CC)N(N)c1ccccc1. The topological polar surface area (TPSA) is 55.3 Å². The lowest BCUT2D eigenvalue weighted by Crippen LogP contribution is -2.33. The zero-order valence-corrected chi connectivity index (χ0v) is 10.8. The number of anilines is 1.